The van der Waals surface area contributed by atoms with Gasteiger partial charge in [-0.05, 0) is 25.1 Å². The Morgan fingerprint density at radius 1 is 1.64 bits per heavy atom. The van der Waals surface area contributed by atoms with Gasteiger partial charge in [0.15, 0.2) is 6.73 Å². The van der Waals surface area contributed by atoms with Gasteiger partial charge in [-0.3, -0.25) is 4.79 Å². The van der Waals surface area contributed by atoms with Crippen LogP contribution in [0.2, 0.25) is 0 Å². The largest absolute Gasteiger partial charge is 0.471 e. The van der Waals surface area contributed by atoms with Crippen molar-refractivity contribution in [2.45, 2.75) is 6.92 Å². The number of Topliss-reactive ketones (excluding diaryl/α,β-unsaturated/α-hetero) is 1. The van der Waals surface area contributed by atoms with Gasteiger partial charge in [-0.2, -0.15) is 0 Å². The molecule has 0 saturated heterocycles. The van der Waals surface area contributed by atoms with E-state index in [-0.39, 0.29) is 5.78 Å². The van der Waals surface area contributed by atoms with E-state index < -0.39 is 0 Å². The third-order valence-corrected chi connectivity index (χ3v) is 2.54. The van der Waals surface area contributed by atoms with Crippen LogP contribution in [0.4, 0.5) is 5.69 Å². The number of ether oxygens (including phenoxy) is 1. The quantitative estimate of drug-likeness (QED) is 0.812. The molecule has 2 rings (SSSR count). The molecule has 14 heavy (non-hydrogen) atoms. The molecular formula is C10H10BrNO2. The van der Waals surface area contributed by atoms with E-state index in [1.54, 1.807) is 6.92 Å². The minimum Gasteiger partial charge on any atom is -0.471 e. The highest BCUT2D eigenvalue weighted by atomic mass is 79.9. The molecule has 0 atom stereocenters. The first-order chi connectivity index (χ1) is 6.66. The van der Waals surface area contributed by atoms with Gasteiger partial charge in [-0.15, -0.1) is 0 Å². The van der Waals surface area contributed by atoms with E-state index in [1.807, 2.05) is 23.1 Å². The fourth-order valence-corrected chi connectivity index (χ4v) is 1.83. The van der Waals surface area contributed by atoms with Crippen molar-refractivity contribution >= 4 is 27.4 Å². The lowest BCUT2D eigenvalue weighted by atomic mass is 10.2. The third kappa shape index (κ3) is 1.75. The first-order valence-electron chi connectivity index (χ1n) is 4.33. The molecule has 0 spiro atoms. The molecule has 0 fully saturated rings. The lowest BCUT2D eigenvalue weighted by Crippen LogP contribution is -2.27. The van der Waals surface area contributed by atoms with Gasteiger partial charge in [0.1, 0.15) is 11.5 Å². The summed E-state index contributed by atoms with van der Waals surface area (Å²) in [4.78, 5) is 12.9. The monoisotopic (exact) mass is 255 g/mol. The maximum atomic E-state index is 11.0. The van der Waals surface area contributed by atoms with E-state index in [4.69, 9.17) is 4.74 Å². The van der Waals surface area contributed by atoms with Gasteiger partial charge in [0.2, 0.25) is 0 Å². The first-order valence-corrected chi connectivity index (χ1v) is 5.13. The summed E-state index contributed by atoms with van der Waals surface area (Å²) in [5, 5.41) is 0. The van der Waals surface area contributed by atoms with Crippen LogP contribution in [-0.4, -0.2) is 19.1 Å². The number of hydrogen-bond acceptors (Lipinski definition) is 3. The molecule has 4 heteroatoms. The number of ketones is 1. The molecule has 1 aromatic rings. The smallest absolute Gasteiger partial charge is 0.162 e. The van der Waals surface area contributed by atoms with Gasteiger partial charge in [0.05, 0.1) is 12.2 Å². The maximum absolute atomic E-state index is 11.0. The molecule has 1 aliphatic rings. The lowest BCUT2D eigenvalue weighted by Gasteiger charge is -2.13. The van der Waals surface area contributed by atoms with Crippen LogP contribution in [0, 0.1) is 0 Å². The highest BCUT2D eigenvalue weighted by Crippen LogP contribution is 2.35. The molecule has 1 heterocycles. The van der Waals surface area contributed by atoms with Crippen molar-refractivity contribution in [2.24, 2.45) is 0 Å². The Labute approximate surface area is 90.8 Å². The van der Waals surface area contributed by atoms with Gasteiger partial charge in [-0.25, -0.2) is 0 Å². The van der Waals surface area contributed by atoms with E-state index in [2.05, 4.69) is 15.9 Å². The Balaban J connectivity index is 2.28. The number of carbonyl (C=O) groups is 1. The highest BCUT2D eigenvalue weighted by Gasteiger charge is 2.21. The van der Waals surface area contributed by atoms with Crippen molar-refractivity contribution in [2.75, 3.05) is 18.2 Å². The Kier molecular flexibility index (Phi) is 2.46. The van der Waals surface area contributed by atoms with Crippen LogP contribution in [0.3, 0.4) is 0 Å². The molecule has 1 aromatic carbocycles. The van der Waals surface area contributed by atoms with E-state index >= 15 is 0 Å². The van der Waals surface area contributed by atoms with Gasteiger partial charge in [0, 0.05) is 4.47 Å². The van der Waals surface area contributed by atoms with Gasteiger partial charge >= 0.3 is 0 Å². The molecule has 1 aliphatic heterocycles. The number of carbonyl (C=O) groups excluding carboxylic acids is 1. The summed E-state index contributed by atoms with van der Waals surface area (Å²) in [5.74, 6) is 0.982. The molecule has 0 aromatic heterocycles. The van der Waals surface area contributed by atoms with Gasteiger partial charge < -0.3 is 9.64 Å². The normalized spacial score (nSPS) is 13.7. The zero-order valence-electron chi connectivity index (χ0n) is 7.79. The fraction of sp³-hybridized carbons (Fsp3) is 0.300. The summed E-state index contributed by atoms with van der Waals surface area (Å²) < 4.78 is 6.42. The Morgan fingerprint density at radius 3 is 3.14 bits per heavy atom. The maximum Gasteiger partial charge on any atom is 0.162 e. The zero-order chi connectivity index (χ0) is 10.1. The van der Waals surface area contributed by atoms with Crippen molar-refractivity contribution in [3.05, 3.63) is 22.7 Å². The number of nitrogens with zero attached hydrogens (tertiary/aromatic N) is 1. The summed E-state index contributed by atoms with van der Waals surface area (Å²) in [6.45, 7) is 2.45. The summed E-state index contributed by atoms with van der Waals surface area (Å²) in [7, 11) is 0. The van der Waals surface area contributed by atoms with Crippen LogP contribution < -0.4 is 9.64 Å². The van der Waals surface area contributed by atoms with Crippen LogP contribution in [0.25, 0.3) is 0 Å². The van der Waals surface area contributed by atoms with E-state index in [0.29, 0.717) is 13.3 Å². The van der Waals surface area contributed by atoms with E-state index in [1.165, 1.54) is 0 Å². The first kappa shape index (κ1) is 9.52. The molecule has 0 N–H and O–H groups in total. The molecular weight excluding hydrogens is 246 g/mol. The Morgan fingerprint density at radius 2 is 2.43 bits per heavy atom. The SMILES string of the molecule is CC(=O)CN1COc2ccc(Br)cc21. The number of benzene rings is 1. The van der Waals surface area contributed by atoms with Gasteiger partial charge in [0.25, 0.3) is 0 Å². The molecule has 0 amide bonds. The van der Waals surface area contributed by atoms with Crippen molar-refractivity contribution in [3.8, 4) is 5.75 Å². The summed E-state index contributed by atoms with van der Waals surface area (Å²) in [6.07, 6.45) is 0. The molecule has 3 nitrogen and oxygen atoms in total. The van der Waals surface area contributed by atoms with Crippen molar-refractivity contribution in [3.63, 3.8) is 0 Å². The lowest BCUT2D eigenvalue weighted by molar-refractivity contribution is -0.115. The average Bonchev–Trinajstić information content (AvgIpc) is 2.47. The average molecular weight is 256 g/mol. The van der Waals surface area contributed by atoms with Crippen LogP contribution in [0.15, 0.2) is 22.7 Å². The number of rotatable bonds is 2. The highest BCUT2D eigenvalue weighted by molar-refractivity contribution is 9.10. The van der Waals surface area contributed by atoms with Crippen molar-refractivity contribution in [1.29, 1.82) is 0 Å². The summed E-state index contributed by atoms with van der Waals surface area (Å²) in [5.41, 5.74) is 0.981. The third-order valence-electron chi connectivity index (χ3n) is 2.05. The topological polar surface area (TPSA) is 29.5 Å². The minimum absolute atomic E-state index is 0.140. The Bertz CT molecular complexity index is 378. The number of hydrogen-bond donors (Lipinski definition) is 0. The fourth-order valence-electron chi connectivity index (χ4n) is 1.48. The molecule has 0 radical (unpaired) electrons. The summed E-state index contributed by atoms with van der Waals surface area (Å²) >= 11 is 3.39. The minimum atomic E-state index is 0.140. The van der Waals surface area contributed by atoms with Crippen molar-refractivity contribution in [1.82, 2.24) is 0 Å². The molecule has 0 saturated carbocycles. The predicted molar refractivity (Wildman–Crippen MR) is 57.7 cm³/mol. The second-order valence-electron chi connectivity index (χ2n) is 3.29. The number of halogens is 1. The van der Waals surface area contributed by atoms with Crippen LogP contribution in [0.5, 0.6) is 5.75 Å². The number of anilines is 1. The summed E-state index contributed by atoms with van der Waals surface area (Å²) in [6, 6.07) is 5.79. The van der Waals surface area contributed by atoms with Gasteiger partial charge in [-0.1, -0.05) is 15.9 Å². The molecule has 74 valence electrons. The second kappa shape index (κ2) is 3.61. The van der Waals surface area contributed by atoms with Crippen LogP contribution >= 0.6 is 15.9 Å². The molecule has 0 aliphatic carbocycles. The molecule has 0 bridgehead atoms. The zero-order valence-corrected chi connectivity index (χ0v) is 9.37. The van der Waals surface area contributed by atoms with Crippen LogP contribution in [0.1, 0.15) is 6.92 Å². The number of fused-ring (bicyclic) bond motifs is 1. The van der Waals surface area contributed by atoms with Crippen molar-refractivity contribution < 1.29 is 9.53 Å². The van der Waals surface area contributed by atoms with Crippen LogP contribution in [-0.2, 0) is 4.79 Å². The standard InChI is InChI=1S/C10H10BrNO2/c1-7(13)5-12-6-14-10-3-2-8(11)4-9(10)12/h2-4H,5-6H2,1H3. The molecule has 0 unspecified atom stereocenters. The van der Waals surface area contributed by atoms with E-state index in [9.17, 15) is 4.79 Å². The van der Waals surface area contributed by atoms with E-state index in [0.717, 1.165) is 15.9 Å². The second-order valence-corrected chi connectivity index (χ2v) is 4.20. The Hall–Kier alpha value is -1.03. The predicted octanol–water partition coefficient (Wildman–Crippen LogP) is 2.19.